The lowest BCUT2D eigenvalue weighted by Gasteiger charge is -2.08. The van der Waals surface area contributed by atoms with E-state index < -0.39 is 5.76 Å². The third-order valence-corrected chi connectivity index (χ3v) is 3.57. The Morgan fingerprint density at radius 3 is 2.74 bits per heavy atom. The highest BCUT2D eigenvalue weighted by Gasteiger charge is 2.15. The van der Waals surface area contributed by atoms with Gasteiger partial charge in [0.05, 0.1) is 10.9 Å². The Kier molecular flexibility index (Phi) is 3.20. The Bertz CT molecular complexity index is 999. The van der Waals surface area contributed by atoms with Crippen molar-refractivity contribution in [3.63, 3.8) is 0 Å². The van der Waals surface area contributed by atoms with Gasteiger partial charge in [0, 0.05) is 11.7 Å². The van der Waals surface area contributed by atoms with Crippen molar-refractivity contribution in [3.8, 4) is 17.2 Å². The minimum absolute atomic E-state index is 0.233. The molecule has 2 aromatic heterocycles. The lowest BCUT2D eigenvalue weighted by molar-refractivity contribution is 0.310. The Labute approximate surface area is 130 Å². The van der Waals surface area contributed by atoms with Gasteiger partial charge in [-0.05, 0) is 17.7 Å². The first-order chi connectivity index (χ1) is 11.3. The normalized spacial score (nSPS) is 11.0. The van der Waals surface area contributed by atoms with Gasteiger partial charge in [0.2, 0.25) is 0 Å². The van der Waals surface area contributed by atoms with Gasteiger partial charge in [-0.3, -0.25) is 0 Å². The topological polar surface area (TPSA) is 83.9 Å². The molecule has 23 heavy (non-hydrogen) atoms. The standard InChI is InChI=1S/C17H13N3O3/c21-17-20-19-16(23-17)12-9-18-13-7-4-8-14(15(12)13)22-10-11-5-2-1-3-6-11/h1-9,18H,10H2,(H,20,21). The second-order valence-electron chi connectivity index (χ2n) is 5.07. The molecule has 0 aliphatic rings. The number of nitrogens with zero attached hydrogens (tertiary/aromatic N) is 1. The predicted octanol–water partition coefficient (Wildman–Crippen LogP) is 3.09. The summed E-state index contributed by atoms with van der Waals surface area (Å²) in [7, 11) is 0. The molecule has 6 nitrogen and oxygen atoms in total. The smallest absolute Gasteiger partial charge is 0.434 e. The van der Waals surface area contributed by atoms with E-state index >= 15 is 0 Å². The van der Waals surface area contributed by atoms with Crippen molar-refractivity contribution in [1.29, 1.82) is 0 Å². The van der Waals surface area contributed by atoms with Crippen molar-refractivity contribution in [2.75, 3.05) is 0 Å². The Morgan fingerprint density at radius 2 is 1.96 bits per heavy atom. The molecule has 0 aliphatic carbocycles. The first-order valence-electron chi connectivity index (χ1n) is 7.14. The van der Waals surface area contributed by atoms with Gasteiger partial charge in [0.1, 0.15) is 12.4 Å². The molecule has 114 valence electrons. The highest BCUT2D eigenvalue weighted by molar-refractivity contribution is 5.98. The zero-order chi connectivity index (χ0) is 15.6. The lowest BCUT2D eigenvalue weighted by atomic mass is 10.1. The number of nitrogens with one attached hydrogen (secondary N) is 2. The van der Waals surface area contributed by atoms with Crippen molar-refractivity contribution >= 4 is 10.9 Å². The molecular formula is C17H13N3O3. The van der Waals surface area contributed by atoms with E-state index in [2.05, 4.69) is 15.2 Å². The number of rotatable bonds is 4. The Hall–Kier alpha value is -3.28. The monoisotopic (exact) mass is 307 g/mol. The first-order valence-corrected chi connectivity index (χ1v) is 7.14. The molecule has 0 fully saturated rings. The maximum atomic E-state index is 11.2. The van der Waals surface area contributed by atoms with Gasteiger partial charge < -0.3 is 14.1 Å². The number of fused-ring (bicyclic) bond motifs is 1. The van der Waals surface area contributed by atoms with Crippen LogP contribution in [0.1, 0.15) is 5.56 Å². The summed E-state index contributed by atoms with van der Waals surface area (Å²) in [4.78, 5) is 14.3. The van der Waals surface area contributed by atoms with Crippen LogP contribution in [0, 0.1) is 0 Å². The Balaban J connectivity index is 1.74. The maximum absolute atomic E-state index is 11.2. The molecule has 4 rings (SSSR count). The van der Waals surface area contributed by atoms with E-state index in [1.54, 1.807) is 6.20 Å². The average molecular weight is 307 g/mol. The van der Waals surface area contributed by atoms with Crippen molar-refractivity contribution in [1.82, 2.24) is 15.2 Å². The summed E-state index contributed by atoms with van der Waals surface area (Å²) in [6.07, 6.45) is 1.75. The second-order valence-corrected chi connectivity index (χ2v) is 5.07. The van der Waals surface area contributed by atoms with E-state index in [0.29, 0.717) is 17.9 Å². The summed E-state index contributed by atoms with van der Waals surface area (Å²) in [5, 5.41) is 6.99. The van der Waals surface area contributed by atoms with Gasteiger partial charge in [0.25, 0.3) is 5.89 Å². The molecule has 6 heteroatoms. The van der Waals surface area contributed by atoms with E-state index in [0.717, 1.165) is 16.5 Å². The number of ether oxygens (including phenoxy) is 1. The lowest BCUT2D eigenvalue weighted by Crippen LogP contribution is -1.95. The van der Waals surface area contributed by atoms with Gasteiger partial charge in [-0.15, -0.1) is 5.10 Å². The van der Waals surface area contributed by atoms with Gasteiger partial charge in [-0.25, -0.2) is 9.89 Å². The largest absolute Gasteiger partial charge is 0.488 e. The molecule has 2 N–H and O–H groups in total. The first kappa shape index (κ1) is 13.4. The molecule has 0 radical (unpaired) electrons. The third-order valence-electron chi connectivity index (χ3n) is 3.57. The van der Waals surface area contributed by atoms with Crippen LogP contribution in [0.2, 0.25) is 0 Å². The number of hydrogen-bond acceptors (Lipinski definition) is 4. The third kappa shape index (κ3) is 2.50. The van der Waals surface area contributed by atoms with Crippen molar-refractivity contribution in [3.05, 3.63) is 70.8 Å². The number of H-pyrrole nitrogens is 2. The average Bonchev–Trinajstić information content (AvgIpc) is 3.20. The molecular weight excluding hydrogens is 294 g/mol. The van der Waals surface area contributed by atoms with Gasteiger partial charge >= 0.3 is 5.76 Å². The van der Waals surface area contributed by atoms with Crippen LogP contribution in [0.3, 0.4) is 0 Å². The molecule has 0 atom stereocenters. The number of aromatic amines is 2. The van der Waals surface area contributed by atoms with Gasteiger partial charge in [-0.2, -0.15) is 0 Å². The molecule has 0 saturated heterocycles. The van der Waals surface area contributed by atoms with Crippen LogP contribution in [-0.2, 0) is 6.61 Å². The molecule has 0 spiro atoms. The fraction of sp³-hybridized carbons (Fsp3) is 0.0588. The highest BCUT2D eigenvalue weighted by Crippen LogP contribution is 2.34. The van der Waals surface area contributed by atoms with Crippen LogP contribution >= 0.6 is 0 Å². The predicted molar refractivity (Wildman–Crippen MR) is 85.2 cm³/mol. The van der Waals surface area contributed by atoms with Crippen LogP contribution in [0.15, 0.2) is 63.9 Å². The molecule has 4 aromatic rings. The quantitative estimate of drug-likeness (QED) is 0.607. The number of aromatic nitrogens is 3. The summed E-state index contributed by atoms with van der Waals surface area (Å²) in [6, 6.07) is 15.6. The van der Waals surface area contributed by atoms with Crippen molar-refractivity contribution in [2.45, 2.75) is 6.61 Å². The van der Waals surface area contributed by atoms with Crippen molar-refractivity contribution < 1.29 is 9.15 Å². The van der Waals surface area contributed by atoms with E-state index in [1.165, 1.54) is 0 Å². The molecule has 2 heterocycles. The Morgan fingerprint density at radius 1 is 1.09 bits per heavy atom. The zero-order valence-electron chi connectivity index (χ0n) is 12.1. The van der Waals surface area contributed by atoms with E-state index in [9.17, 15) is 4.79 Å². The summed E-state index contributed by atoms with van der Waals surface area (Å²) in [5.74, 6) is 0.349. The summed E-state index contributed by atoms with van der Waals surface area (Å²) in [6.45, 7) is 0.453. The second kappa shape index (κ2) is 5.49. The molecule has 0 unspecified atom stereocenters. The summed E-state index contributed by atoms with van der Waals surface area (Å²) < 4.78 is 11.0. The van der Waals surface area contributed by atoms with Crippen LogP contribution < -0.4 is 10.5 Å². The molecule has 0 bridgehead atoms. The fourth-order valence-electron chi connectivity index (χ4n) is 2.52. The summed E-state index contributed by atoms with van der Waals surface area (Å²) in [5.41, 5.74) is 2.64. The molecule has 2 aromatic carbocycles. The molecule has 0 saturated carbocycles. The number of benzene rings is 2. The SMILES string of the molecule is O=c1[nH]nc(-c2c[nH]c3cccc(OCc4ccccc4)c23)o1. The van der Waals surface area contributed by atoms with Crippen LogP contribution in [0.5, 0.6) is 5.75 Å². The van der Waals surface area contributed by atoms with Crippen LogP contribution in [0.25, 0.3) is 22.4 Å². The van der Waals surface area contributed by atoms with E-state index in [4.69, 9.17) is 9.15 Å². The van der Waals surface area contributed by atoms with E-state index in [1.807, 2.05) is 48.5 Å². The molecule has 0 amide bonds. The van der Waals surface area contributed by atoms with Gasteiger partial charge in [-0.1, -0.05) is 36.4 Å². The fourth-order valence-corrected chi connectivity index (χ4v) is 2.52. The van der Waals surface area contributed by atoms with Crippen LogP contribution in [-0.4, -0.2) is 15.2 Å². The minimum atomic E-state index is -0.586. The van der Waals surface area contributed by atoms with Crippen LogP contribution in [0.4, 0.5) is 0 Å². The summed E-state index contributed by atoms with van der Waals surface area (Å²) >= 11 is 0. The maximum Gasteiger partial charge on any atom is 0.434 e. The van der Waals surface area contributed by atoms with E-state index in [-0.39, 0.29) is 5.89 Å². The zero-order valence-corrected chi connectivity index (χ0v) is 12.1. The van der Waals surface area contributed by atoms with Crippen molar-refractivity contribution in [2.24, 2.45) is 0 Å². The minimum Gasteiger partial charge on any atom is -0.488 e. The molecule has 0 aliphatic heterocycles. The number of hydrogen-bond donors (Lipinski definition) is 2. The van der Waals surface area contributed by atoms with Gasteiger partial charge in [0.15, 0.2) is 0 Å². The highest BCUT2D eigenvalue weighted by atomic mass is 16.5.